The number of carbonyl (C=O) groups is 1. The van der Waals surface area contributed by atoms with Gasteiger partial charge in [-0.3, -0.25) is 0 Å². The fraction of sp³-hybridized carbons (Fsp3) is 0.312. The smallest absolute Gasteiger partial charge is 0.314 e. The first-order chi connectivity index (χ1) is 10.8. The van der Waals surface area contributed by atoms with Crippen molar-refractivity contribution in [1.29, 1.82) is 0 Å². The SMILES string of the molecule is O=C(NCCOCc1ccccc1)NCC(O)c1ccco1. The Morgan fingerprint density at radius 3 is 2.73 bits per heavy atom. The van der Waals surface area contributed by atoms with Gasteiger partial charge in [-0.1, -0.05) is 30.3 Å². The molecule has 0 bridgehead atoms. The molecular formula is C16H20N2O4. The molecule has 6 nitrogen and oxygen atoms in total. The van der Waals surface area contributed by atoms with Crippen molar-refractivity contribution in [1.82, 2.24) is 10.6 Å². The average Bonchev–Trinajstić information content (AvgIpc) is 3.08. The summed E-state index contributed by atoms with van der Waals surface area (Å²) in [5.74, 6) is 0.423. The highest BCUT2D eigenvalue weighted by molar-refractivity contribution is 5.73. The Morgan fingerprint density at radius 2 is 2.00 bits per heavy atom. The number of aliphatic hydroxyl groups excluding tert-OH is 1. The van der Waals surface area contributed by atoms with E-state index in [1.165, 1.54) is 6.26 Å². The predicted octanol–water partition coefficient (Wildman–Crippen LogP) is 1.83. The van der Waals surface area contributed by atoms with E-state index in [0.29, 0.717) is 25.5 Å². The lowest BCUT2D eigenvalue weighted by Crippen LogP contribution is -2.39. The molecule has 118 valence electrons. The maximum atomic E-state index is 11.5. The second-order valence-corrected chi connectivity index (χ2v) is 4.71. The molecule has 1 atom stereocenters. The molecule has 0 aliphatic carbocycles. The second-order valence-electron chi connectivity index (χ2n) is 4.71. The number of ether oxygens (including phenoxy) is 1. The fourth-order valence-corrected chi connectivity index (χ4v) is 1.83. The van der Waals surface area contributed by atoms with Gasteiger partial charge in [0.25, 0.3) is 0 Å². The molecule has 22 heavy (non-hydrogen) atoms. The summed E-state index contributed by atoms with van der Waals surface area (Å²) in [6, 6.07) is 12.8. The Morgan fingerprint density at radius 1 is 1.18 bits per heavy atom. The number of benzene rings is 1. The van der Waals surface area contributed by atoms with Crippen LogP contribution in [0.25, 0.3) is 0 Å². The Hall–Kier alpha value is -2.31. The molecule has 3 N–H and O–H groups in total. The average molecular weight is 304 g/mol. The van der Waals surface area contributed by atoms with E-state index in [1.54, 1.807) is 12.1 Å². The Bertz CT molecular complexity index is 543. The maximum Gasteiger partial charge on any atom is 0.314 e. The third-order valence-corrected chi connectivity index (χ3v) is 2.97. The van der Waals surface area contributed by atoms with Gasteiger partial charge in [0.15, 0.2) is 0 Å². The number of furan rings is 1. The largest absolute Gasteiger partial charge is 0.467 e. The molecule has 2 rings (SSSR count). The van der Waals surface area contributed by atoms with Crippen molar-refractivity contribution < 1.29 is 19.1 Å². The summed E-state index contributed by atoms with van der Waals surface area (Å²) in [7, 11) is 0. The van der Waals surface area contributed by atoms with E-state index in [0.717, 1.165) is 5.56 Å². The van der Waals surface area contributed by atoms with Crippen LogP contribution in [0.5, 0.6) is 0 Å². The molecule has 1 aromatic carbocycles. The van der Waals surface area contributed by atoms with Gasteiger partial charge >= 0.3 is 6.03 Å². The van der Waals surface area contributed by atoms with E-state index in [9.17, 15) is 9.90 Å². The third-order valence-electron chi connectivity index (χ3n) is 2.97. The summed E-state index contributed by atoms with van der Waals surface area (Å²) in [5.41, 5.74) is 1.09. The van der Waals surface area contributed by atoms with Crippen LogP contribution >= 0.6 is 0 Å². The van der Waals surface area contributed by atoms with Gasteiger partial charge in [0.05, 0.1) is 26.0 Å². The molecule has 0 aliphatic rings. The quantitative estimate of drug-likeness (QED) is 0.650. The maximum absolute atomic E-state index is 11.5. The Labute approximate surface area is 129 Å². The molecule has 0 spiro atoms. The number of urea groups is 1. The lowest BCUT2D eigenvalue weighted by atomic mass is 10.2. The van der Waals surface area contributed by atoms with Gasteiger partial charge in [0.1, 0.15) is 11.9 Å². The van der Waals surface area contributed by atoms with Gasteiger partial charge in [-0.2, -0.15) is 0 Å². The lowest BCUT2D eigenvalue weighted by molar-refractivity contribution is 0.122. The highest BCUT2D eigenvalue weighted by atomic mass is 16.5. The monoisotopic (exact) mass is 304 g/mol. The highest BCUT2D eigenvalue weighted by Gasteiger charge is 2.11. The van der Waals surface area contributed by atoms with Gasteiger partial charge < -0.3 is 24.9 Å². The summed E-state index contributed by atoms with van der Waals surface area (Å²) in [4.78, 5) is 11.5. The van der Waals surface area contributed by atoms with Crippen LogP contribution in [0, 0.1) is 0 Å². The number of hydrogen-bond donors (Lipinski definition) is 3. The van der Waals surface area contributed by atoms with Gasteiger partial charge in [-0.25, -0.2) is 4.79 Å². The molecule has 0 aliphatic heterocycles. The predicted molar refractivity (Wildman–Crippen MR) is 81.2 cm³/mol. The molecule has 2 amide bonds. The standard InChI is InChI=1S/C16H20N2O4/c19-14(15-7-4-9-22-15)11-18-16(20)17-8-10-21-12-13-5-2-1-3-6-13/h1-7,9,14,19H,8,10-12H2,(H2,17,18,20). The molecule has 0 saturated carbocycles. The minimum absolute atomic E-state index is 0.0875. The van der Waals surface area contributed by atoms with Gasteiger partial charge in [-0.05, 0) is 17.7 Å². The second kappa shape index (κ2) is 8.86. The Balaban J connectivity index is 1.52. The van der Waals surface area contributed by atoms with Crippen LogP contribution in [0.1, 0.15) is 17.4 Å². The molecule has 1 heterocycles. The van der Waals surface area contributed by atoms with E-state index in [-0.39, 0.29) is 12.6 Å². The van der Waals surface area contributed by atoms with Crippen LogP contribution in [0.4, 0.5) is 4.79 Å². The Kier molecular flexibility index (Phi) is 6.47. The van der Waals surface area contributed by atoms with Crippen molar-refractivity contribution in [2.24, 2.45) is 0 Å². The number of rotatable bonds is 8. The summed E-state index contributed by atoms with van der Waals surface area (Å²) in [5, 5.41) is 14.9. The number of carbonyl (C=O) groups excluding carboxylic acids is 1. The normalized spacial score (nSPS) is 11.9. The van der Waals surface area contributed by atoms with Crippen molar-refractivity contribution in [2.75, 3.05) is 19.7 Å². The van der Waals surface area contributed by atoms with Gasteiger partial charge in [0.2, 0.25) is 0 Å². The van der Waals surface area contributed by atoms with Crippen molar-refractivity contribution in [3.63, 3.8) is 0 Å². The van der Waals surface area contributed by atoms with Gasteiger partial charge in [0, 0.05) is 6.54 Å². The van der Waals surface area contributed by atoms with E-state index in [2.05, 4.69) is 10.6 Å². The zero-order valence-electron chi connectivity index (χ0n) is 12.2. The van der Waals surface area contributed by atoms with Crippen molar-refractivity contribution in [2.45, 2.75) is 12.7 Å². The van der Waals surface area contributed by atoms with E-state index >= 15 is 0 Å². The third kappa shape index (κ3) is 5.59. The first-order valence-electron chi connectivity index (χ1n) is 7.10. The number of nitrogens with one attached hydrogen (secondary N) is 2. The zero-order valence-corrected chi connectivity index (χ0v) is 12.2. The molecule has 0 fully saturated rings. The van der Waals surface area contributed by atoms with Crippen LogP contribution in [-0.2, 0) is 11.3 Å². The first-order valence-corrected chi connectivity index (χ1v) is 7.10. The van der Waals surface area contributed by atoms with Crippen LogP contribution in [-0.4, -0.2) is 30.8 Å². The number of aliphatic hydroxyl groups is 1. The number of amides is 2. The molecule has 0 radical (unpaired) electrons. The summed E-state index contributed by atoms with van der Waals surface area (Å²) in [6.45, 7) is 1.42. The summed E-state index contributed by atoms with van der Waals surface area (Å²) >= 11 is 0. The van der Waals surface area contributed by atoms with E-state index < -0.39 is 6.10 Å². The molecular weight excluding hydrogens is 284 g/mol. The first kappa shape index (κ1) is 16.1. The molecule has 6 heteroatoms. The van der Waals surface area contributed by atoms with Crippen LogP contribution in [0.2, 0.25) is 0 Å². The molecule has 1 aromatic heterocycles. The summed E-state index contributed by atoms with van der Waals surface area (Å²) in [6.07, 6.45) is 0.623. The van der Waals surface area contributed by atoms with Crippen LogP contribution in [0.15, 0.2) is 53.1 Å². The minimum Gasteiger partial charge on any atom is -0.467 e. The topological polar surface area (TPSA) is 83.7 Å². The van der Waals surface area contributed by atoms with Crippen molar-refractivity contribution in [3.8, 4) is 0 Å². The zero-order chi connectivity index (χ0) is 15.6. The molecule has 2 aromatic rings. The van der Waals surface area contributed by atoms with Crippen LogP contribution in [0.3, 0.4) is 0 Å². The highest BCUT2D eigenvalue weighted by Crippen LogP contribution is 2.11. The van der Waals surface area contributed by atoms with Gasteiger partial charge in [-0.15, -0.1) is 0 Å². The summed E-state index contributed by atoms with van der Waals surface area (Å²) < 4.78 is 10.5. The minimum atomic E-state index is -0.852. The molecule has 0 saturated heterocycles. The van der Waals surface area contributed by atoms with E-state index in [1.807, 2.05) is 30.3 Å². The lowest BCUT2D eigenvalue weighted by Gasteiger charge is -2.11. The van der Waals surface area contributed by atoms with E-state index in [4.69, 9.17) is 9.15 Å². The van der Waals surface area contributed by atoms with Crippen molar-refractivity contribution in [3.05, 3.63) is 60.1 Å². The van der Waals surface area contributed by atoms with Crippen molar-refractivity contribution >= 4 is 6.03 Å². The number of hydrogen-bond acceptors (Lipinski definition) is 4. The van der Waals surface area contributed by atoms with Crippen LogP contribution < -0.4 is 10.6 Å². The molecule has 1 unspecified atom stereocenters. The fourth-order valence-electron chi connectivity index (χ4n) is 1.83.